The van der Waals surface area contributed by atoms with Crippen LogP contribution in [0.25, 0.3) is 0 Å². The van der Waals surface area contributed by atoms with Crippen molar-refractivity contribution in [3.63, 3.8) is 0 Å². The van der Waals surface area contributed by atoms with Crippen molar-refractivity contribution in [1.82, 2.24) is 5.32 Å². The first kappa shape index (κ1) is 22.8. The molecule has 0 aliphatic carbocycles. The molecule has 0 heterocycles. The molecule has 0 aliphatic rings. The standard InChI is InChI=1S/C19H41NO3/c1-6-11-12-13-14-15-16-18(17-20-7-2)19(21-8-3,22-9-4)23-10-5/h18,20H,6-17H2,1-5H3. The van der Waals surface area contributed by atoms with E-state index in [1.165, 1.54) is 38.5 Å². The smallest absolute Gasteiger partial charge is 0.287 e. The summed E-state index contributed by atoms with van der Waals surface area (Å²) in [6.07, 6.45) is 8.87. The normalized spacial score (nSPS) is 13.4. The molecular formula is C19H41NO3. The van der Waals surface area contributed by atoms with E-state index in [1.54, 1.807) is 0 Å². The molecule has 0 spiro atoms. The number of rotatable bonds is 17. The van der Waals surface area contributed by atoms with Gasteiger partial charge in [-0.3, -0.25) is 0 Å². The third kappa shape index (κ3) is 9.65. The van der Waals surface area contributed by atoms with Crippen LogP contribution in [0, 0.1) is 5.92 Å². The van der Waals surface area contributed by atoms with E-state index in [-0.39, 0.29) is 5.92 Å². The third-order valence-electron chi connectivity index (χ3n) is 4.08. The Morgan fingerprint density at radius 1 is 0.739 bits per heavy atom. The number of hydrogen-bond acceptors (Lipinski definition) is 4. The Morgan fingerprint density at radius 2 is 1.26 bits per heavy atom. The largest absolute Gasteiger partial charge is 0.327 e. The first-order valence-corrected chi connectivity index (χ1v) is 9.83. The Labute approximate surface area is 144 Å². The van der Waals surface area contributed by atoms with Gasteiger partial charge in [0.2, 0.25) is 0 Å². The maximum absolute atomic E-state index is 5.98. The zero-order valence-corrected chi connectivity index (χ0v) is 16.3. The summed E-state index contributed by atoms with van der Waals surface area (Å²) in [5, 5.41) is 3.45. The summed E-state index contributed by atoms with van der Waals surface area (Å²) in [7, 11) is 0. The molecule has 1 atom stereocenters. The topological polar surface area (TPSA) is 39.7 Å². The van der Waals surface area contributed by atoms with Crippen LogP contribution in [-0.4, -0.2) is 38.9 Å². The minimum Gasteiger partial charge on any atom is -0.327 e. The van der Waals surface area contributed by atoms with E-state index in [0.717, 1.165) is 19.5 Å². The van der Waals surface area contributed by atoms with Crippen molar-refractivity contribution in [1.29, 1.82) is 0 Å². The Bertz CT molecular complexity index is 232. The lowest BCUT2D eigenvalue weighted by atomic mass is 9.97. The highest BCUT2D eigenvalue weighted by Crippen LogP contribution is 2.30. The van der Waals surface area contributed by atoms with Crippen LogP contribution in [0.1, 0.15) is 79.6 Å². The van der Waals surface area contributed by atoms with E-state index < -0.39 is 5.97 Å². The van der Waals surface area contributed by atoms with Gasteiger partial charge in [-0.1, -0.05) is 52.4 Å². The number of ether oxygens (including phenoxy) is 3. The maximum Gasteiger partial charge on any atom is 0.287 e. The van der Waals surface area contributed by atoms with Gasteiger partial charge in [0, 0.05) is 26.4 Å². The second kappa shape index (κ2) is 15.4. The van der Waals surface area contributed by atoms with Gasteiger partial charge < -0.3 is 19.5 Å². The molecule has 0 aromatic carbocycles. The van der Waals surface area contributed by atoms with Crippen molar-refractivity contribution in [2.75, 3.05) is 32.9 Å². The summed E-state index contributed by atoms with van der Waals surface area (Å²) in [6, 6.07) is 0. The van der Waals surface area contributed by atoms with Gasteiger partial charge in [-0.05, 0) is 33.7 Å². The quantitative estimate of drug-likeness (QED) is 0.309. The summed E-state index contributed by atoms with van der Waals surface area (Å²) in [6.45, 7) is 14.0. The second-order valence-electron chi connectivity index (χ2n) is 5.96. The number of hydrogen-bond donors (Lipinski definition) is 1. The molecule has 1 N–H and O–H groups in total. The Hall–Kier alpha value is -0.160. The first-order valence-electron chi connectivity index (χ1n) is 9.83. The molecule has 4 nitrogen and oxygen atoms in total. The van der Waals surface area contributed by atoms with Crippen LogP contribution in [0.4, 0.5) is 0 Å². The second-order valence-corrected chi connectivity index (χ2v) is 5.96. The van der Waals surface area contributed by atoms with Crippen molar-refractivity contribution in [3.8, 4) is 0 Å². The molecule has 0 amide bonds. The molecule has 4 heteroatoms. The van der Waals surface area contributed by atoms with Crippen LogP contribution in [-0.2, 0) is 14.2 Å². The zero-order chi connectivity index (χ0) is 17.4. The molecule has 0 fully saturated rings. The van der Waals surface area contributed by atoms with Gasteiger partial charge in [-0.15, -0.1) is 0 Å². The van der Waals surface area contributed by atoms with E-state index in [9.17, 15) is 0 Å². The van der Waals surface area contributed by atoms with Gasteiger partial charge >= 0.3 is 0 Å². The van der Waals surface area contributed by atoms with Gasteiger partial charge in [0.15, 0.2) is 0 Å². The fourth-order valence-electron chi connectivity index (χ4n) is 2.98. The molecule has 0 saturated carbocycles. The summed E-state index contributed by atoms with van der Waals surface area (Å²) in [5.74, 6) is -0.683. The molecule has 0 aromatic heterocycles. The average Bonchev–Trinajstić information content (AvgIpc) is 2.54. The Morgan fingerprint density at radius 3 is 1.74 bits per heavy atom. The highest BCUT2D eigenvalue weighted by atomic mass is 16.9. The Kier molecular flexibility index (Phi) is 15.3. The van der Waals surface area contributed by atoms with Crippen LogP contribution in [0.15, 0.2) is 0 Å². The van der Waals surface area contributed by atoms with E-state index >= 15 is 0 Å². The number of nitrogens with one attached hydrogen (secondary N) is 1. The van der Waals surface area contributed by atoms with E-state index in [2.05, 4.69) is 19.2 Å². The zero-order valence-electron chi connectivity index (χ0n) is 16.3. The van der Waals surface area contributed by atoms with Crippen LogP contribution in [0.5, 0.6) is 0 Å². The summed E-state index contributed by atoms with van der Waals surface area (Å²) < 4.78 is 17.9. The highest BCUT2D eigenvalue weighted by molar-refractivity contribution is 4.74. The first-order chi connectivity index (χ1) is 11.2. The molecular weight excluding hydrogens is 290 g/mol. The van der Waals surface area contributed by atoms with Crippen molar-refractivity contribution >= 4 is 0 Å². The van der Waals surface area contributed by atoms with Crippen molar-refractivity contribution in [2.24, 2.45) is 5.92 Å². The molecule has 0 bridgehead atoms. The lowest BCUT2D eigenvalue weighted by molar-refractivity contribution is -0.401. The predicted molar refractivity (Wildman–Crippen MR) is 97.6 cm³/mol. The van der Waals surface area contributed by atoms with E-state index in [0.29, 0.717) is 19.8 Å². The van der Waals surface area contributed by atoms with Crippen LogP contribution in [0.3, 0.4) is 0 Å². The summed E-state index contributed by atoms with van der Waals surface area (Å²) >= 11 is 0. The monoisotopic (exact) mass is 331 g/mol. The fraction of sp³-hybridized carbons (Fsp3) is 1.00. The SMILES string of the molecule is CCCCCCCCC(CNCC)C(OCC)(OCC)OCC. The fourth-order valence-corrected chi connectivity index (χ4v) is 2.98. The van der Waals surface area contributed by atoms with Gasteiger partial charge in [-0.2, -0.15) is 0 Å². The molecule has 23 heavy (non-hydrogen) atoms. The molecule has 0 rings (SSSR count). The lowest BCUT2D eigenvalue weighted by Gasteiger charge is -2.39. The van der Waals surface area contributed by atoms with Gasteiger partial charge in [0.1, 0.15) is 0 Å². The van der Waals surface area contributed by atoms with E-state index in [1.807, 2.05) is 20.8 Å². The van der Waals surface area contributed by atoms with Crippen molar-refractivity contribution < 1.29 is 14.2 Å². The van der Waals surface area contributed by atoms with E-state index in [4.69, 9.17) is 14.2 Å². The number of unbranched alkanes of at least 4 members (excludes halogenated alkanes) is 5. The molecule has 0 radical (unpaired) electrons. The van der Waals surface area contributed by atoms with Gasteiger partial charge in [0.25, 0.3) is 5.97 Å². The highest BCUT2D eigenvalue weighted by Gasteiger charge is 2.41. The Balaban J connectivity index is 4.68. The third-order valence-corrected chi connectivity index (χ3v) is 4.08. The lowest BCUT2D eigenvalue weighted by Crippen LogP contribution is -2.50. The molecule has 140 valence electrons. The van der Waals surface area contributed by atoms with Crippen LogP contribution < -0.4 is 5.32 Å². The van der Waals surface area contributed by atoms with Gasteiger partial charge in [0.05, 0.1) is 5.92 Å². The molecule has 1 unspecified atom stereocenters. The predicted octanol–water partition coefficient (Wildman–Crippen LogP) is 4.73. The summed E-state index contributed by atoms with van der Waals surface area (Å²) in [4.78, 5) is 0. The summed E-state index contributed by atoms with van der Waals surface area (Å²) in [5.41, 5.74) is 0. The minimum atomic E-state index is -0.899. The van der Waals surface area contributed by atoms with Gasteiger partial charge in [-0.25, -0.2) is 0 Å². The van der Waals surface area contributed by atoms with Crippen LogP contribution >= 0.6 is 0 Å². The minimum absolute atomic E-state index is 0.216. The van der Waals surface area contributed by atoms with Crippen LogP contribution in [0.2, 0.25) is 0 Å². The molecule has 0 aliphatic heterocycles. The molecule has 0 saturated heterocycles. The average molecular weight is 332 g/mol. The molecule has 0 aromatic rings. The maximum atomic E-state index is 5.98. The van der Waals surface area contributed by atoms with Crippen molar-refractivity contribution in [3.05, 3.63) is 0 Å². The van der Waals surface area contributed by atoms with Crippen molar-refractivity contribution in [2.45, 2.75) is 85.5 Å².